The molecule has 0 radical (unpaired) electrons. The lowest BCUT2D eigenvalue weighted by Gasteiger charge is -2.32. The van der Waals surface area contributed by atoms with E-state index in [1.807, 2.05) is 18.5 Å². The highest BCUT2D eigenvalue weighted by Gasteiger charge is 2.32. The summed E-state index contributed by atoms with van der Waals surface area (Å²) in [6.07, 6.45) is 14.1. The highest BCUT2D eigenvalue weighted by molar-refractivity contribution is 5.22. The number of nitrogens with zero attached hydrogens (tertiary/aromatic N) is 5. The van der Waals surface area contributed by atoms with Gasteiger partial charge < -0.3 is 9.47 Å². The summed E-state index contributed by atoms with van der Waals surface area (Å²) >= 11 is 0. The van der Waals surface area contributed by atoms with Crippen LogP contribution in [0.4, 0.5) is 0 Å². The summed E-state index contributed by atoms with van der Waals surface area (Å²) in [6, 6.07) is 5.59. The highest BCUT2D eigenvalue weighted by Crippen LogP contribution is 2.34. The van der Waals surface area contributed by atoms with Gasteiger partial charge in [-0.3, -0.25) is 9.88 Å². The first-order valence-electron chi connectivity index (χ1n) is 11.2. The maximum atomic E-state index is 4.74. The van der Waals surface area contributed by atoms with Crippen LogP contribution in [0.1, 0.15) is 61.6 Å². The van der Waals surface area contributed by atoms with Crippen molar-refractivity contribution in [2.45, 2.75) is 70.6 Å². The number of hydrogen-bond donors (Lipinski definition) is 0. The maximum absolute atomic E-state index is 4.74. The van der Waals surface area contributed by atoms with Crippen LogP contribution < -0.4 is 0 Å². The summed E-state index contributed by atoms with van der Waals surface area (Å²) in [4.78, 5) is 14.8. The number of pyridine rings is 1. The first-order valence-corrected chi connectivity index (χ1v) is 11.2. The lowest BCUT2D eigenvalue weighted by molar-refractivity contribution is 0.164. The van der Waals surface area contributed by atoms with Gasteiger partial charge in [-0.25, -0.2) is 4.98 Å². The van der Waals surface area contributed by atoms with Gasteiger partial charge in [0.25, 0.3) is 0 Å². The van der Waals surface area contributed by atoms with Crippen LogP contribution in [0, 0.1) is 12.8 Å². The van der Waals surface area contributed by atoms with E-state index in [0.717, 1.165) is 31.6 Å². The van der Waals surface area contributed by atoms with Gasteiger partial charge in [-0.2, -0.15) is 0 Å². The fraction of sp³-hybridized carbons (Fsp3) is 0.652. The molecule has 2 aromatic rings. The Bertz CT molecular complexity index is 788. The van der Waals surface area contributed by atoms with Gasteiger partial charge in [0.05, 0.1) is 18.3 Å². The number of imidazole rings is 1. The summed E-state index contributed by atoms with van der Waals surface area (Å²) in [5.41, 5.74) is 2.57. The summed E-state index contributed by atoms with van der Waals surface area (Å²) in [5.74, 6) is 2.03. The molecule has 3 aliphatic rings. The van der Waals surface area contributed by atoms with Gasteiger partial charge in [0.2, 0.25) is 0 Å². The number of aromatic nitrogens is 3. The van der Waals surface area contributed by atoms with Crippen molar-refractivity contribution in [3.63, 3.8) is 0 Å². The molecule has 1 unspecified atom stereocenters. The summed E-state index contributed by atoms with van der Waals surface area (Å²) in [6.45, 7) is 8.00. The molecule has 1 saturated carbocycles. The molecule has 5 nitrogen and oxygen atoms in total. The minimum Gasteiger partial charge on any atom is -0.334 e. The SMILES string of the molecule is Cc1cccnc1C1CCCN1Cc1nccn1CC1CCN(C2CC2)CC1. The molecule has 0 amide bonds. The molecule has 0 bridgehead atoms. The van der Waals surface area contributed by atoms with E-state index >= 15 is 0 Å². The number of aryl methyl sites for hydroxylation is 1. The molecule has 3 fully saturated rings. The van der Waals surface area contributed by atoms with Crippen LogP contribution in [0.3, 0.4) is 0 Å². The van der Waals surface area contributed by atoms with E-state index in [1.165, 1.54) is 68.7 Å². The predicted octanol–water partition coefficient (Wildman–Crippen LogP) is 3.80. The fourth-order valence-corrected chi connectivity index (χ4v) is 5.23. The quantitative estimate of drug-likeness (QED) is 0.765. The maximum Gasteiger partial charge on any atom is 0.122 e. The molecule has 150 valence electrons. The van der Waals surface area contributed by atoms with E-state index < -0.39 is 0 Å². The second-order valence-electron chi connectivity index (χ2n) is 9.04. The van der Waals surface area contributed by atoms with Gasteiger partial charge in [-0.1, -0.05) is 6.07 Å². The molecule has 28 heavy (non-hydrogen) atoms. The first-order chi connectivity index (χ1) is 13.8. The Morgan fingerprint density at radius 2 is 1.86 bits per heavy atom. The van der Waals surface area contributed by atoms with Crippen LogP contribution in [-0.4, -0.2) is 50.0 Å². The van der Waals surface area contributed by atoms with Crippen molar-refractivity contribution in [2.75, 3.05) is 19.6 Å². The number of hydrogen-bond acceptors (Lipinski definition) is 4. The molecule has 5 heteroatoms. The lowest BCUT2D eigenvalue weighted by Crippen LogP contribution is -2.36. The van der Waals surface area contributed by atoms with Gasteiger partial charge >= 0.3 is 0 Å². The summed E-state index contributed by atoms with van der Waals surface area (Å²) in [5, 5.41) is 0. The number of likely N-dealkylation sites (tertiary alicyclic amines) is 2. The number of piperidine rings is 1. The monoisotopic (exact) mass is 379 g/mol. The second kappa shape index (κ2) is 7.96. The first kappa shape index (κ1) is 18.3. The third-order valence-corrected chi connectivity index (χ3v) is 7.04. The van der Waals surface area contributed by atoms with Crippen LogP contribution in [0.15, 0.2) is 30.7 Å². The van der Waals surface area contributed by atoms with Crippen LogP contribution in [0.25, 0.3) is 0 Å². The molecule has 2 saturated heterocycles. The smallest absolute Gasteiger partial charge is 0.122 e. The Morgan fingerprint density at radius 1 is 1.00 bits per heavy atom. The van der Waals surface area contributed by atoms with E-state index in [9.17, 15) is 0 Å². The van der Waals surface area contributed by atoms with E-state index in [1.54, 1.807) is 0 Å². The van der Waals surface area contributed by atoms with Gasteiger partial charge in [0.15, 0.2) is 0 Å². The lowest BCUT2D eigenvalue weighted by atomic mass is 9.96. The van der Waals surface area contributed by atoms with Crippen molar-refractivity contribution in [1.82, 2.24) is 24.3 Å². The Kier molecular flexibility index (Phi) is 5.20. The fourth-order valence-electron chi connectivity index (χ4n) is 5.23. The average Bonchev–Trinajstić information content (AvgIpc) is 3.32. The van der Waals surface area contributed by atoms with E-state index in [4.69, 9.17) is 9.97 Å². The van der Waals surface area contributed by atoms with Crippen LogP contribution in [-0.2, 0) is 13.1 Å². The topological polar surface area (TPSA) is 37.2 Å². The molecule has 0 aromatic carbocycles. The van der Waals surface area contributed by atoms with Crippen molar-refractivity contribution in [2.24, 2.45) is 5.92 Å². The standard InChI is InChI=1S/C23H33N5/c1-18-4-2-10-25-23(18)21-5-3-12-27(21)17-22-24-11-15-28(22)16-19-8-13-26(14-9-19)20-6-7-20/h2,4,10-11,15,19-21H,3,5-9,12-14,16-17H2,1H3. The second-order valence-corrected chi connectivity index (χ2v) is 9.04. The van der Waals surface area contributed by atoms with Crippen LogP contribution in [0.5, 0.6) is 0 Å². The van der Waals surface area contributed by atoms with Gasteiger partial charge in [0, 0.05) is 31.2 Å². The normalized spacial score (nSPS) is 24.8. The van der Waals surface area contributed by atoms with Gasteiger partial charge in [-0.05, 0) is 82.6 Å². The van der Waals surface area contributed by atoms with E-state index in [0.29, 0.717) is 6.04 Å². The van der Waals surface area contributed by atoms with E-state index in [-0.39, 0.29) is 0 Å². The van der Waals surface area contributed by atoms with Gasteiger partial charge in [0.1, 0.15) is 5.82 Å². The third kappa shape index (κ3) is 3.87. The molecule has 2 aromatic heterocycles. The van der Waals surface area contributed by atoms with E-state index in [2.05, 4.69) is 33.6 Å². The molecule has 1 aliphatic carbocycles. The van der Waals surface area contributed by atoms with Crippen molar-refractivity contribution in [3.8, 4) is 0 Å². The summed E-state index contributed by atoms with van der Waals surface area (Å²) in [7, 11) is 0. The zero-order chi connectivity index (χ0) is 18.9. The Labute approximate surface area is 168 Å². The third-order valence-electron chi connectivity index (χ3n) is 7.04. The molecular formula is C23H33N5. The molecule has 1 atom stereocenters. The molecule has 4 heterocycles. The predicted molar refractivity (Wildman–Crippen MR) is 111 cm³/mol. The number of rotatable bonds is 6. The molecule has 0 N–H and O–H groups in total. The Morgan fingerprint density at radius 3 is 2.64 bits per heavy atom. The molecular weight excluding hydrogens is 346 g/mol. The summed E-state index contributed by atoms with van der Waals surface area (Å²) < 4.78 is 2.43. The molecule has 2 aliphatic heterocycles. The minimum atomic E-state index is 0.438. The Hall–Kier alpha value is -1.72. The van der Waals surface area contributed by atoms with Crippen molar-refractivity contribution in [1.29, 1.82) is 0 Å². The van der Waals surface area contributed by atoms with Crippen molar-refractivity contribution < 1.29 is 0 Å². The van der Waals surface area contributed by atoms with Crippen molar-refractivity contribution in [3.05, 3.63) is 47.8 Å². The minimum absolute atomic E-state index is 0.438. The zero-order valence-electron chi connectivity index (χ0n) is 17.1. The van der Waals surface area contributed by atoms with Gasteiger partial charge in [-0.15, -0.1) is 0 Å². The van der Waals surface area contributed by atoms with Crippen molar-refractivity contribution >= 4 is 0 Å². The average molecular weight is 380 g/mol. The highest BCUT2D eigenvalue weighted by atomic mass is 15.2. The zero-order valence-corrected chi connectivity index (χ0v) is 17.1. The van der Waals surface area contributed by atoms with Crippen LogP contribution >= 0.6 is 0 Å². The largest absolute Gasteiger partial charge is 0.334 e. The Balaban J connectivity index is 1.23. The van der Waals surface area contributed by atoms with Crippen LogP contribution in [0.2, 0.25) is 0 Å². The molecule has 0 spiro atoms. The molecule has 5 rings (SSSR count).